The Balaban J connectivity index is 2.08. The van der Waals surface area contributed by atoms with Gasteiger partial charge in [-0.2, -0.15) is 5.26 Å². The van der Waals surface area contributed by atoms with E-state index in [1.165, 1.54) is 0 Å². The summed E-state index contributed by atoms with van der Waals surface area (Å²) in [5.41, 5.74) is 1.68. The van der Waals surface area contributed by atoms with E-state index < -0.39 is 0 Å². The molecule has 0 fully saturated rings. The van der Waals surface area contributed by atoms with Crippen LogP contribution in [-0.4, -0.2) is 33.5 Å². The van der Waals surface area contributed by atoms with Crippen LogP contribution in [0, 0.1) is 11.3 Å². The molecule has 0 radical (unpaired) electrons. The first-order valence-corrected chi connectivity index (χ1v) is 5.67. The predicted octanol–water partition coefficient (Wildman–Crippen LogP) is 2.02. The molecule has 0 aliphatic heterocycles. The van der Waals surface area contributed by atoms with Crippen LogP contribution in [0.15, 0.2) is 24.3 Å². The highest BCUT2D eigenvalue weighted by Gasteiger charge is 1.93. The van der Waals surface area contributed by atoms with Gasteiger partial charge in [0.1, 0.15) is 0 Å². The lowest BCUT2D eigenvalue weighted by Crippen LogP contribution is -2.10. The first-order chi connectivity index (χ1) is 8.36. The molecule has 0 bridgehead atoms. The molecule has 0 aliphatic rings. The Kier molecular flexibility index (Phi) is 6.80. The van der Waals surface area contributed by atoms with Crippen LogP contribution in [0.25, 0.3) is 0 Å². The van der Waals surface area contributed by atoms with E-state index in [0.29, 0.717) is 12.2 Å². The van der Waals surface area contributed by atoms with Gasteiger partial charge < -0.3 is 14.8 Å². The summed E-state index contributed by atoms with van der Waals surface area (Å²) in [5, 5.41) is 11.9. The van der Waals surface area contributed by atoms with Crippen LogP contribution < -0.4 is 5.32 Å². The summed E-state index contributed by atoms with van der Waals surface area (Å²) in [4.78, 5) is 0. The number of hydrogen-bond acceptors (Lipinski definition) is 4. The van der Waals surface area contributed by atoms with Gasteiger partial charge in [0, 0.05) is 32.6 Å². The maximum Gasteiger partial charge on any atom is 0.0991 e. The highest BCUT2D eigenvalue weighted by atomic mass is 16.5. The molecule has 0 aromatic heterocycles. The van der Waals surface area contributed by atoms with E-state index in [1.54, 1.807) is 19.2 Å². The zero-order valence-corrected chi connectivity index (χ0v) is 10.1. The third-order valence-electron chi connectivity index (χ3n) is 2.23. The molecule has 0 saturated heterocycles. The lowest BCUT2D eigenvalue weighted by molar-refractivity contribution is 0.109. The summed E-state index contributed by atoms with van der Waals surface area (Å²) in [6.07, 6.45) is 0.924. The number of nitrogens with one attached hydrogen (secondary N) is 1. The monoisotopic (exact) mass is 234 g/mol. The van der Waals surface area contributed by atoms with Gasteiger partial charge in [-0.05, 0) is 30.7 Å². The van der Waals surface area contributed by atoms with Crippen molar-refractivity contribution in [2.24, 2.45) is 0 Å². The fourth-order valence-corrected chi connectivity index (χ4v) is 1.34. The Morgan fingerprint density at radius 1 is 1.18 bits per heavy atom. The second-order valence-electron chi connectivity index (χ2n) is 3.57. The van der Waals surface area contributed by atoms with Crippen LogP contribution in [0.3, 0.4) is 0 Å². The first kappa shape index (κ1) is 13.5. The van der Waals surface area contributed by atoms with Crippen molar-refractivity contribution in [1.82, 2.24) is 0 Å². The number of anilines is 1. The minimum absolute atomic E-state index is 0.670. The van der Waals surface area contributed by atoms with Crippen molar-refractivity contribution in [2.75, 3.05) is 38.8 Å². The summed E-state index contributed by atoms with van der Waals surface area (Å²) in [6.45, 7) is 2.90. The standard InChI is InChI=1S/C13H18N2O2/c1-16-8-2-9-17-10-7-15-13-5-3-12(11-14)4-6-13/h3-6,15H,2,7-10H2,1H3. The minimum Gasteiger partial charge on any atom is -0.385 e. The highest BCUT2D eigenvalue weighted by Crippen LogP contribution is 2.07. The zero-order valence-electron chi connectivity index (χ0n) is 10.1. The number of nitrogens with zero attached hydrogens (tertiary/aromatic N) is 1. The van der Waals surface area contributed by atoms with Crippen molar-refractivity contribution in [3.63, 3.8) is 0 Å². The predicted molar refractivity (Wildman–Crippen MR) is 67.0 cm³/mol. The fourth-order valence-electron chi connectivity index (χ4n) is 1.34. The normalized spacial score (nSPS) is 9.88. The van der Waals surface area contributed by atoms with Crippen molar-refractivity contribution in [2.45, 2.75) is 6.42 Å². The second-order valence-corrected chi connectivity index (χ2v) is 3.57. The number of hydrogen-bond donors (Lipinski definition) is 1. The van der Waals surface area contributed by atoms with Gasteiger partial charge in [-0.25, -0.2) is 0 Å². The molecular weight excluding hydrogens is 216 g/mol. The maximum atomic E-state index is 8.64. The van der Waals surface area contributed by atoms with E-state index in [0.717, 1.165) is 31.9 Å². The second kappa shape index (κ2) is 8.57. The quantitative estimate of drug-likeness (QED) is 0.699. The molecule has 0 unspecified atom stereocenters. The van der Waals surface area contributed by atoms with Gasteiger partial charge in [0.15, 0.2) is 0 Å². The van der Waals surface area contributed by atoms with Crippen molar-refractivity contribution in [3.8, 4) is 6.07 Å². The summed E-state index contributed by atoms with van der Waals surface area (Å²) in [5.74, 6) is 0. The minimum atomic E-state index is 0.670. The largest absolute Gasteiger partial charge is 0.385 e. The molecule has 1 aromatic carbocycles. The molecule has 4 nitrogen and oxygen atoms in total. The molecule has 0 atom stereocenters. The summed E-state index contributed by atoms with van der Waals surface area (Å²) in [7, 11) is 1.69. The smallest absolute Gasteiger partial charge is 0.0991 e. The first-order valence-electron chi connectivity index (χ1n) is 5.67. The molecule has 1 rings (SSSR count). The number of rotatable bonds is 8. The highest BCUT2D eigenvalue weighted by molar-refractivity contribution is 5.46. The Bertz CT molecular complexity index is 343. The van der Waals surface area contributed by atoms with Crippen molar-refractivity contribution in [3.05, 3.63) is 29.8 Å². The average molecular weight is 234 g/mol. The molecular formula is C13H18N2O2. The van der Waals surface area contributed by atoms with E-state index in [2.05, 4.69) is 11.4 Å². The lowest BCUT2D eigenvalue weighted by atomic mass is 10.2. The molecule has 1 N–H and O–H groups in total. The van der Waals surface area contributed by atoms with Crippen LogP contribution >= 0.6 is 0 Å². The van der Waals surface area contributed by atoms with E-state index in [1.807, 2.05) is 12.1 Å². The van der Waals surface area contributed by atoms with E-state index in [4.69, 9.17) is 14.7 Å². The van der Waals surface area contributed by atoms with Crippen molar-refractivity contribution >= 4 is 5.69 Å². The van der Waals surface area contributed by atoms with Gasteiger partial charge in [0.2, 0.25) is 0 Å². The zero-order chi connectivity index (χ0) is 12.3. The molecule has 0 spiro atoms. The summed E-state index contributed by atoms with van der Waals surface area (Å²) >= 11 is 0. The van der Waals surface area contributed by atoms with E-state index >= 15 is 0 Å². The number of methoxy groups -OCH3 is 1. The van der Waals surface area contributed by atoms with Crippen LogP contribution in [0.1, 0.15) is 12.0 Å². The number of nitriles is 1. The molecule has 0 aliphatic carbocycles. The molecule has 92 valence electrons. The van der Waals surface area contributed by atoms with Crippen molar-refractivity contribution < 1.29 is 9.47 Å². The van der Waals surface area contributed by atoms with Gasteiger partial charge in [-0.1, -0.05) is 0 Å². The summed E-state index contributed by atoms with van der Waals surface area (Å²) in [6, 6.07) is 9.46. The third kappa shape index (κ3) is 5.91. The van der Waals surface area contributed by atoms with Crippen LogP contribution in [0.4, 0.5) is 5.69 Å². The van der Waals surface area contributed by atoms with Gasteiger partial charge >= 0.3 is 0 Å². The third-order valence-corrected chi connectivity index (χ3v) is 2.23. The van der Waals surface area contributed by atoms with Crippen LogP contribution in [0.2, 0.25) is 0 Å². The van der Waals surface area contributed by atoms with Gasteiger partial charge in [0.05, 0.1) is 18.2 Å². The molecule has 0 saturated carbocycles. The Morgan fingerprint density at radius 3 is 2.59 bits per heavy atom. The number of ether oxygens (including phenoxy) is 2. The van der Waals surface area contributed by atoms with Crippen LogP contribution in [0.5, 0.6) is 0 Å². The number of benzene rings is 1. The molecule has 0 heterocycles. The Hall–Kier alpha value is -1.57. The molecule has 1 aromatic rings. The van der Waals surface area contributed by atoms with Crippen LogP contribution in [-0.2, 0) is 9.47 Å². The maximum absolute atomic E-state index is 8.64. The average Bonchev–Trinajstić information content (AvgIpc) is 2.38. The Morgan fingerprint density at radius 2 is 1.94 bits per heavy atom. The van der Waals surface area contributed by atoms with Crippen molar-refractivity contribution in [1.29, 1.82) is 5.26 Å². The van der Waals surface area contributed by atoms with Gasteiger partial charge in [-0.3, -0.25) is 0 Å². The molecule has 17 heavy (non-hydrogen) atoms. The Labute approximate surface area is 102 Å². The molecule has 0 amide bonds. The fraction of sp³-hybridized carbons (Fsp3) is 0.462. The SMILES string of the molecule is COCCCOCCNc1ccc(C#N)cc1. The lowest BCUT2D eigenvalue weighted by Gasteiger charge is -2.07. The van der Waals surface area contributed by atoms with Gasteiger partial charge in [-0.15, -0.1) is 0 Å². The topological polar surface area (TPSA) is 54.3 Å². The summed E-state index contributed by atoms with van der Waals surface area (Å²) < 4.78 is 10.3. The molecule has 4 heteroatoms. The van der Waals surface area contributed by atoms with Gasteiger partial charge in [0.25, 0.3) is 0 Å². The van der Waals surface area contributed by atoms with E-state index in [-0.39, 0.29) is 0 Å². The van der Waals surface area contributed by atoms with E-state index in [9.17, 15) is 0 Å².